The van der Waals surface area contributed by atoms with Crippen LogP contribution in [0, 0.1) is 0 Å². The summed E-state index contributed by atoms with van der Waals surface area (Å²) in [5.74, 6) is -0.0535. The molecular weight excluding hydrogens is 266 g/mol. The van der Waals surface area contributed by atoms with E-state index in [4.69, 9.17) is 5.73 Å². The molecule has 3 N–H and O–H groups in total. The summed E-state index contributed by atoms with van der Waals surface area (Å²) in [5.41, 5.74) is 6.37. The normalized spacial score (nSPS) is 16.4. The number of likely N-dealkylation sites (tertiary alicyclic amines) is 1. The molecule has 5 heteroatoms. The number of benzene rings is 1. The topological polar surface area (TPSA) is 69.8 Å². The maximum atomic E-state index is 12.4. The minimum atomic E-state index is -0.0288. The van der Waals surface area contributed by atoms with Crippen molar-refractivity contribution >= 4 is 11.6 Å². The second-order valence-electron chi connectivity index (χ2n) is 5.52. The first-order valence-corrected chi connectivity index (χ1v) is 7.68. The lowest BCUT2D eigenvalue weighted by molar-refractivity contribution is 0.0631. The Morgan fingerprint density at radius 1 is 1.33 bits per heavy atom. The van der Waals surface area contributed by atoms with Gasteiger partial charge in [-0.25, -0.2) is 0 Å². The van der Waals surface area contributed by atoms with E-state index in [9.17, 15) is 9.90 Å². The maximum Gasteiger partial charge on any atom is 0.253 e. The first-order chi connectivity index (χ1) is 10.1. The van der Waals surface area contributed by atoms with Crippen LogP contribution in [0.3, 0.4) is 0 Å². The van der Waals surface area contributed by atoms with Gasteiger partial charge in [-0.05, 0) is 44.1 Å². The van der Waals surface area contributed by atoms with Crippen molar-refractivity contribution < 1.29 is 9.90 Å². The van der Waals surface area contributed by atoms with Crippen molar-refractivity contribution in [1.29, 1.82) is 0 Å². The maximum absolute atomic E-state index is 12.4. The Morgan fingerprint density at radius 3 is 2.48 bits per heavy atom. The number of nitrogens with two attached hydrogens (primary N) is 1. The molecule has 1 aromatic carbocycles. The highest BCUT2D eigenvalue weighted by molar-refractivity contribution is 5.95. The van der Waals surface area contributed by atoms with Gasteiger partial charge in [0.25, 0.3) is 5.91 Å². The fraction of sp³-hybridized carbons (Fsp3) is 0.562. The number of nitrogen functional groups attached to an aromatic ring is 1. The third-order valence-corrected chi connectivity index (χ3v) is 4.36. The molecule has 0 aromatic heterocycles. The minimum absolute atomic E-state index is 0.0247. The Bertz CT molecular complexity index is 492. The van der Waals surface area contributed by atoms with Gasteiger partial charge in [-0.1, -0.05) is 13.8 Å². The number of piperidine rings is 1. The molecule has 0 bridgehead atoms. The second kappa shape index (κ2) is 6.80. The van der Waals surface area contributed by atoms with Gasteiger partial charge in [0.2, 0.25) is 0 Å². The summed E-state index contributed by atoms with van der Waals surface area (Å²) in [6, 6.07) is 5.27. The van der Waals surface area contributed by atoms with E-state index in [1.807, 2.05) is 4.90 Å². The van der Waals surface area contributed by atoms with Crippen LogP contribution in [0.1, 0.15) is 37.0 Å². The van der Waals surface area contributed by atoms with Crippen LogP contribution in [-0.4, -0.2) is 53.0 Å². The van der Waals surface area contributed by atoms with E-state index in [-0.39, 0.29) is 11.7 Å². The van der Waals surface area contributed by atoms with Gasteiger partial charge < -0.3 is 20.6 Å². The molecule has 1 saturated heterocycles. The van der Waals surface area contributed by atoms with Gasteiger partial charge in [0.05, 0.1) is 5.69 Å². The molecule has 0 radical (unpaired) electrons. The molecule has 1 amide bonds. The first kappa shape index (κ1) is 15.6. The highest BCUT2D eigenvalue weighted by Crippen LogP contribution is 2.23. The number of hydrogen-bond donors (Lipinski definition) is 2. The van der Waals surface area contributed by atoms with Crippen molar-refractivity contribution in [2.24, 2.45) is 0 Å². The van der Waals surface area contributed by atoms with Crippen molar-refractivity contribution in [3.8, 4) is 5.75 Å². The highest BCUT2D eigenvalue weighted by atomic mass is 16.3. The van der Waals surface area contributed by atoms with E-state index in [2.05, 4.69) is 18.7 Å². The predicted molar refractivity (Wildman–Crippen MR) is 84.4 cm³/mol. The molecular formula is C16H25N3O2. The summed E-state index contributed by atoms with van der Waals surface area (Å²) in [6.07, 6.45) is 2.02. The van der Waals surface area contributed by atoms with Gasteiger partial charge >= 0.3 is 0 Å². The quantitative estimate of drug-likeness (QED) is 0.657. The Kier molecular flexibility index (Phi) is 5.07. The third kappa shape index (κ3) is 3.47. The smallest absolute Gasteiger partial charge is 0.253 e. The van der Waals surface area contributed by atoms with Crippen LogP contribution < -0.4 is 5.73 Å². The molecule has 0 unspecified atom stereocenters. The zero-order valence-electron chi connectivity index (χ0n) is 12.9. The lowest BCUT2D eigenvalue weighted by Crippen LogP contribution is -2.46. The fourth-order valence-electron chi connectivity index (χ4n) is 3.03. The molecule has 1 fully saturated rings. The molecule has 0 aliphatic carbocycles. The molecule has 0 saturated carbocycles. The van der Waals surface area contributed by atoms with Crippen LogP contribution >= 0.6 is 0 Å². The molecule has 1 aliphatic heterocycles. The summed E-state index contributed by atoms with van der Waals surface area (Å²) in [7, 11) is 0. The Balaban J connectivity index is 1.98. The highest BCUT2D eigenvalue weighted by Gasteiger charge is 2.26. The average Bonchev–Trinajstić information content (AvgIpc) is 2.51. The van der Waals surface area contributed by atoms with Crippen LogP contribution in [0.4, 0.5) is 5.69 Å². The lowest BCUT2D eigenvalue weighted by Gasteiger charge is -2.37. The van der Waals surface area contributed by atoms with Gasteiger partial charge in [-0.3, -0.25) is 4.79 Å². The van der Waals surface area contributed by atoms with Crippen molar-refractivity contribution in [2.45, 2.75) is 32.7 Å². The number of phenols is 1. The van der Waals surface area contributed by atoms with Gasteiger partial charge in [0, 0.05) is 24.7 Å². The van der Waals surface area contributed by atoms with Crippen molar-refractivity contribution in [1.82, 2.24) is 9.80 Å². The van der Waals surface area contributed by atoms with E-state index < -0.39 is 0 Å². The zero-order chi connectivity index (χ0) is 15.4. The zero-order valence-corrected chi connectivity index (χ0v) is 12.9. The summed E-state index contributed by atoms with van der Waals surface area (Å²) in [4.78, 5) is 16.8. The average molecular weight is 291 g/mol. The number of amides is 1. The van der Waals surface area contributed by atoms with Crippen LogP contribution in [0.25, 0.3) is 0 Å². The molecule has 0 spiro atoms. The Hall–Kier alpha value is -1.75. The van der Waals surface area contributed by atoms with E-state index in [0.29, 0.717) is 17.3 Å². The van der Waals surface area contributed by atoms with Crippen molar-refractivity contribution in [2.75, 3.05) is 31.9 Å². The van der Waals surface area contributed by atoms with E-state index in [1.165, 1.54) is 6.07 Å². The monoisotopic (exact) mass is 291 g/mol. The van der Waals surface area contributed by atoms with Gasteiger partial charge in [-0.15, -0.1) is 0 Å². The first-order valence-electron chi connectivity index (χ1n) is 7.68. The number of rotatable bonds is 4. The Morgan fingerprint density at radius 2 is 1.95 bits per heavy atom. The number of hydrogen-bond acceptors (Lipinski definition) is 4. The molecule has 21 heavy (non-hydrogen) atoms. The summed E-state index contributed by atoms with van der Waals surface area (Å²) in [6.45, 7) is 8.01. The number of phenolic OH excluding ortho intramolecular Hbond substituents is 1. The number of carbonyl (C=O) groups excluding carboxylic acids is 1. The van der Waals surface area contributed by atoms with Crippen molar-refractivity contribution in [3.63, 3.8) is 0 Å². The van der Waals surface area contributed by atoms with Gasteiger partial charge in [0.15, 0.2) is 0 Å². The lowest BCUT2D eigenvalue weighted by atomic mass is 10.0. The molecule has 0 atom stereocenters. The summed E-state index contributed by atoms with van der Waals surface area (Å²) in [5, 5.41) is 9.62. The molecule has 116 valence electrons. The van der Waals surface area contributed by atoms with E-state index >= 15 is 0 Å². The predicted octanol–water partition coefficient (Wildman–Crippen LogP) is 1.92. The van der Waals surface area contributed by atoms with Gasteiger partial charge in [-0.2, -0.15) is 0 Å². The molecule has 1 heterocycles. The number of carbonyl (C=O) groups is 1. The second-order valence-corrected chi connectivity index (χ2v) is 5.52. The van der Waals surface area contributed by atoms with Crippen LogP contribution in [0.15, 0.2) is 18.2 Å². The van der Waals surface area contributed by atoms with Gasteiger partial charge in [0.1, 0.15) is 5.75 Å². The summed E-state index contributed by atoms with van der Waals surface area (Å²) < 4.78 is 0. The number of anilines is 1. The van der Waals surface area contributed by atoms with Crippen LogP contribution in [0.2, 0.25) is 0 Å². The van der Waals surface area contributed by atoms with E-state index in [1.54, 1.807) is 12.1 Å². The molecule has 5 nitrogen and oxygen atoms in total. The minimum Gasteiger partial charge on any atom is -0.506 e. The Labute approximate surface area is 126 Å². The number of nitrogens with zero attached hydrogens (tertiary/aromatic N) is 2. The number of aromatic hydroxyl groups is 1. The van der Waals surface area contributed by atoms with Crippen molar-refractivity contribution in [3.05, 3.63) is 23.8 Å². The molecule has 1 aromatic rings. The SMILES string of the molecule is CCN(CC)C1CCN(C(=O)c2ccc(N)c(O)c2)CC1. The standard InChI is InChI=1S/C16H25N3O2/c1-3-18(4-2)13-7-9-19(10-8-13)16(21)12-5-6-14(17)15(20)11-12/h5-6,11,13,20H,3-4,7-10,17H2,1-2H3. The fourth-order valence-corrected chi connectivity index (χ4v) is 3.03. The van der Waals surface area contributed by atoms with E-state index in [0.717, 1.165) is 39.0 Å². The molecule has 1 aliphatic rings. The largest absolute Gasteiger partial charge is 0.506 e. The summed E-state index contributed by atoms with van der Waals surface area (Å²) >= 11 is 0. The molecule has 2 rings (SSSR count). The third-order valence-electron chi connectivity index (χ3n) is 4.36. The van der Waals surface area contributed by atoms with Crippen LogP contribution in [0.5, 0.6) is 5.75 Å². The van der Waals surface area contributed by atoms with Crippen LogP contribution in [-0.2, 0) is 0 Å².